The minimum Gasteiger partial charge on any atom is -0.115 e. The quantitative estimate of drug-likeness (QED) is 0.232. The zero-order chi connectivity index (χ0) is 29.0. The van der Waals surface area contributed by atoms with Crippen molar-refractivity contribution in [3.63, 3.8) is 0 Å². The molecule has 0 unspecified atom stereocenters. The maximum Gasteiger partial charge on any atom is 0.0242 e. The van der Waals surface area contributed by atoms with E-state index in [1.807, 2.05) is 0 Å². The molecule has 4 aliphatic rings. The Hall–Kier alpha value is -4.88. The van der Waals surface area contributed by atoms with Gasteiger partial charge in [-0.1, -0.05) is 72.2 Å². The van der Waals surface area contributed by atoms with E-state index in [1.165, 1.54) is 22.3 Å². The summed E-state index contributed by atoms with van der Waals surface area (Å²) in [7, 11) is 0. The standard InChI is InChI=1S/C42H32/c1-5-31-9-17-35(18-10-31)39-25-40(36-19-11-32(6-2)12-20-36)28-41(26-39,37-21-13-33(7-3)14-22-37)30-42(27-39,29-40)38-23-15-34(8-4)16-24-38/h1-4,9-24H,25-30H2. The molecule has 0 saturated heterocycles. The van der Waals surface area contributed by atoms with E-state index >= 15 is 0 Å². The van der Waals surface area contributed by atoms with Gasteiger partial charge in [0.2, 0.25) is 0 Å². The molecule has 0 N–H and O–H groups in total. The first-order valence-electron chi connectivity index (χ1n) is 14.7. The monoisotopic (exact) mass is 536 g/mol. The highest BCUT2D eigenvalue weighted by molar-refractivity contribution is 5.52. The Bertz CT molecular complexity index is 1520. The van der Waals surface area contributed by atoms with Crippen LogP contribution in [0.1, 0.15) is 83.0 Å². The van der Waals surface area contributed by atoms with E-state index in [2.05, 4.69) is 121 Å². The lowest BCUT2D eigenvalue weighted by Crippen LogP contribution is -2.67. The highest BCUT2D eigenvalue weighted by Crippen LogP contribution is 2.74. The van der Waals surface area contributed by atoms with Gasteiger partial charge in [0, 0.05) is 22.3 Å². The molecule has 4 saturated carbocycles. The van der Waals surface area contributed by atoms with Crippen LogP contribution in [0.15, 0.2) is 97.1 Å². The molecular weight excluding hydrogens is 504 g/mol. The Morgan fingerprint density at radius 3 is 0.619 bits per heavy atom. The van der Waals surface area contributed by atoms with Crippen LogP contribution in [0.5, 0.6) is 0 Å². The maximum absolute atomic E-state index is 5.78. The van der Waals surface area contributed by atoms with E-state index in [1.54, 1.807) is 0 Å². The molecule has 0 atom stereocenters. The summed E-state index contributed by atoms with van der Waals surface area (Å²) in [6.45, 7) is 0. The maximum atomic E-state index is 5.78. The van der Waals surface area contributed by atoms with Crippen LogP contribution >= 0.6 is 0 Å². The van der Waals surface area contributed by atoms with Gasteiger partial charge in [-0.2, -0.15) is 0 Å². The van der Waals surface area contributed by atoms with Gasteiger partial charge in [-0.05, 0) is 131 Å². The second-order valence-electron chi connectivity index (χ2n) is 13.1. The lowest BCUT2D eigenvalue weighted by atomic mass is 9.32. The molecule has 0 nitrogen and oxygen atoms in total. The molecule has 4 bridgehead atoms. The Morgan fingerprint density at radius 2 is 0.476 bits per heavy atom. The van der Waals surface area contributed by atoms with Gasteiger partial charge in [-0.15, -0.1) is 25.7 Å². The summed E-state index contributed by atoms with van der Waals surface area (Å²) in [5.41, 5.74) is 9.13. The molecule has 0 radical (unpaired) electrons. The Balaban J connectivity index is 1.50. The van der Waals surface area contributed by atoms with Crippen molar-refractivity contribution in [1.29, 1.82) is 0 Å². The van der Waals surface area contributed by atoms with Crippen LogP contribution in [0.4, 0.5) is 0 Å². The fourth-order valence-electron chi connectivity index (χ4n) is 9.54. The zero-order valence-corrected chi connectivity index (χ0v) is 23.8. The molecule has 8 rings (SSSR count). The minimum atomic E-state index is -0.0256. The predicted molar refractivity (Wildman–Crippen MR) is 172 cm³/mol. The molecule has 0 amide bonds. The van der Waals surface area contributed by atoms with Crippen molar-refractivity contribution in [2.24, 2.45) is 0 Å². The van der Waals surface area contributed by atoms with Crippen LogP contribution in [-0.2, 0) is 21.7 Å². The SMILES string of the molecule is C#Cc1ccc(C23CC4(c5ccc(C#C)cc5)CC(c5ccc(C#C)cc5)(C2)CC(c2ccc(C#C)cc2)(C3)C4)cc1. The molecule has 0 heterocycles. The second kappa shape index (κ2) is 9.33. The first-order valence-corrected chi connectivity index (χ1v) is 14.7. The van der Waals surface area contributed by atoms with Crippen molar-refractivity contribution >= 4 is 0 Å². The van der Waals surface area contributed by atoms with Crippen LogP contribution in [0.2, 0.25) is 0 Å². The minimum absolute atomic E-state index is 0.0256. The van der Waals surface area contributed by atoms with Crippen molar-refractivity contribution in [3.8, 4) is 49.4 Å². The van der Waals surface area contributed by atoms with Gasteiger partial charge < -0.3 is 0 Å². The van der Waals surface area contributed by atoms with Crippen molar-refractivity contribution in [2.45, 2.75) is 60.2 Å². The summed E-state index contributed by atoms with van der Waals surface area (Å²) in [5, 5.41) is 0. The second-order valence-corrected chi connectivity index (χ2v) is 13.1. The molecule has 0 aliphatic heterocycles. The largest absolute Gasteiger partial charge is 0.115 e. The van der Waals surface area contributed by atoms with Crippen LogP contribution in [0.3, 0.4) is 0 Å². The van der Waals surface area contributed by atoms with Crippen LogP contribution in [0, 0.1) is 49.4 Å². The highest BCUT2D eigenvalue weighted by Gasteiger charge is 2.69. The van der Waals surface area contributed by atoms with E-state index in [0.717, 1.165) is 60.8 Å². The third-order valence-electron chi connectivity index (χ3n) is 10.7. The molecule has 200 valence electrons. The average Bonchev–Trinajstić information content (AvgIpc) is 3.04. The van der Waals surface area contributed by atoms with E-state index in [-0.39, 0.29) is 21.7 Å². The number of hydrogen-bond donors (Lipinski definition) is 0. The molecule has 4 fully saturated rings. The summed E-state index contributed by atoms with van der Waals surface area (Å²) < 4.78 is 0. The molecule has 4 aromatic rings. The van der Waals surface area contributed by atoms with Gasteiger partial charge in [0.25, 0.3) is 0 Å². The van der Waals surface area contributed by atoms with Crippen LogP contribution in [0.25, 0.3) is 0 Å². The third kappa shape index (κ3) is 3.84. The Kier molecular flexibility index (Phi) is 5.78. The molecule has 42 heavy (non-hydrogen) atoms. The van der Waals surface area contributed by atoms with Gasteiger partial charge in [0.15, 0.2) is 0 Å². The van der Waals surface area contributed by atoms with Crippen molar-refractivity contribution in [2.75, 3.05) is 0 Å². The van der Waals surface area contributed by atoms with Gasteiger partial charge in [-0.3, -0.25) is 0 Å². The summed E-state index contributed by atoms with van der Waals surface area (Å²) >= 11 is 0. The number of rotatable bonds is 4. The van der Waals surface area contributed by atoms with E-state index in [9.17, 15) is 0 Å². The normalized spacial score (nSPS) is 28.7. The predicted octanol–water partition coefficient (Wildman–Crippen LogP) is 8.05. The fourth-order valence-corrected chi connectivity index (χ4v) is 9.54. The lowest BCUT2D eigenvalue weighted by Gasteiger charge is -2.71. The Morgan fingerprint density at radius 1 is 0.310 bits per heavy atom. The molecule has 0 spiro atoms. The first kappa shape index (κ1) is 26.0. The first-order chi connectivity index (χ1) is 20.4. The van der Waals surface area contributed by atoms with Gasteiger partial charge in [-0.25, -0.2) is 0 Å². The number of terminal acetylenes is 4. The third-order valence-corrected chi connectivity index (χ3v) is 10.7. The average molecular weight is 537 g/mol. The molecule has 4 aromatic carbocycles. The van der Waals surface area contributed by atoms with Gasteiger partial charge in [0.05, 0.1) is 0 Å². The van der Waals surface area contributed by atoms with E-state index in [4.69, 9.17) is 25.7 Å². The summed E-state index contributed by atoms with van der Waals surface area (Å²) in [6, 6.07) is 35.3. The summed E-state index contributed by atoms with van der Waals surface area (Å²) in [4.78, 5) is 0. The van der Waals surface area contributed by atoms with Gasteiger partial charge in [0.1, 0.15) is 0 Å². The number of benzene rings is 4. The Labute approximate surface area is 250 Å². The molecule has 4 aliphatic carbocycles. The summed E-state index contributed by atoms with van der Waals surface area (Å²) in [5.74, 6) is 11.2. The van der Waals surface area contributed by atoms with Gasteiger partial charge >= 0.3 is 0 Å². The van der Waals surface area contributed by atoms with Crippen molar-refractivity contribution in [1.82, 2.24) is 0 Å². The molecule has 0 aromatic heterocycles. The smallest absolute Gasteiger partial charge is 0.0242 e. The number of hydrogen-bond acceptors (Lipinski definition) is 0. The fraction of sp³-hybridized carbons (Fsp3) is 0.238. The van der Waals surface area contributed by atoms with E-state index < -0.39 is 0 Å². The van der Waals surface area contributed by atoms with Crippen LogP contribution < -0.4 is 0 Å². The van der Waals surface area contributed by atoms with E-state index in [0.29, 0.717) is 0 Å². The van der Waals surface area contributed by atoms with Crippen molar-refractivity contribution < 1.29 is 0 Å². The van der Waals surface area contributed by atoms with Crippen LogP contribution in [-0.4, -0.2) is 0 Å². The van der Waals surface area contributed by atoms with Crippen molar-refractivity contribution in [3.05, 3.63) is 142 Å². The molecule has 0 heteroatoms. The molecular formula is C42H32. The summed E-state index contributed by atoms with van der Waals surface area (Å²) in [6.07, 6.45) is 29.7. The lowest BCUT2D eigenvalue weighted by molar-refractivity contribution is -0.0691. The topological polar surface area (TPSA) is 0 Å². The zero-order valence-electron chi connectivity index (χ0n) is 23.8. The highest BCUT2D eigenvalue weighted by atomic mass is 14.7.